The second kappa shape index (κ2) is 4.09. The minimum atomic E-state index is -0.139. The molecule has 0 bridgehead atoms. The van der Waals surface area contributed by atoms with E-state index in [1.165, 1.54) is 4.90 Å². The maximum absolute atomic E-state index is 11.5. The summed E-state index contributed by atoms with van der Waals surface area (Å²) < 4.78 is 0.809. The van der Waals surface area contributed by atoms with E-state index in [0.717, 1.165) is 3.57 Å². The van der Waals surface area contributed by atoms with Crippen LogP contribution in [0.4, 0.5) is 5.69 Å². The maximum atomic E-state index is 11.5. The first-order chi connectivity index (χ1) is 7.09. The Balaban J connectivity index is 2.45. The van der Waals surface area contributed by atoms with Gasteiger partial charge in [0.05, 0.1) is 5.69 Å². The van der Waals surface area contributed by atoms with Crippen LogP contribution in [0.5, 0.6) is 0 Å². The van der Waals surface area contributed by atoms with Crippen molar-refractivity contribution in [3.8, 4) is 0 Å². The van der Waals surface area contributed by atoms with Gasteiger partial charge in [-0.3, -0.25) is 9.59 Å². The van der Waals surface area contributed by atoms with Crippen LogP contribution in [0.15, 0.2) is 18.2 Å². The molecular weight excluding hydrogens is 328 g/mol. The summed E-state index contributed by atoms with van der Waals surface area (Å²) in [6, 6.07) is 5.11. The molecule has 1 aliphatic heterocycles. The minimum Gasteiger partial charge on any atom is -0.274 e. The molecule has 0 aromatic heterocycles. The quantitative estimate of drug-likeness (QED) is 0.584. The van der Waals surface area contributed by atoms with Gasteiger partial charge in [0.25, 0.3) is 0 Å². The lowest BCUT2D eigenvalue weighted by Crippen LogP contribution is -2.29. The highest BCUT2D eigenvalue weighted by molar-refractivity contribution is 14.1. The first kappa shape index (κ1) is 10.9. The average Bonchev–Trinajstić information content (AvgIpc) is 2.48. The Morgan fingerprint density at radius 1 is 1.20 bits per heavy atom. The highest BCUT2D eigenvalue weighted by Crippen LogP contribution is 2.29. The standard InChI is InChI=1S/C10H7ClINO2/c11-6-1-2-8(7(12)5-6)13-9(14)3-4-10(13)15/h1-2,5H,3-4H2. The average molecular weight is 336 g/mol. The summed E-state index contributed by atoms with van der Waals surface area (Å²) in [6.07, 6.45) is 0.606. The molecule has 0 spiro atoms. The van der Waals surface area contributed by atoms with Crippen LogP contribution in [0, 0.1) is 3.57 Å². The van der Waals surface area contributed by atoms with Crippen molar-refractivity contribution >= 4 is 51.7 Å². The van der Waals surface area contributed by atoms with Gasteiger partial charge in [0, 0.05) is 21.4 Å². The summed E-state index contributed by atoms with van der Waals surface area (Å²) in [5, 5.41) is 0.599. The lowest BCUT2D eigenvalue weighted by molar-refractivity contribution is -0.121. The van der Waals surface area contributed by atoms with Gasteiger partial charge in [-0.15, -0.1) is 0 Å². The Hall–Kier alpha value is -0.620. The van der Waals surface area contributed by atoms with E-state index in [1.807, 2.05) is 0 Å². The van der Waals surface area contributed by atoms with Crippen LogP contribution in [-0.4, -0.2) is 11.8 Å². The zero-order chi connectivity index (χ0) is 11.0. The number of rotatable bonds is 1. The monoisotopic (exact) mass is 335 g/mol. The van der Waals surface area contributed by atoms with Crippen LogP contribution in [0.25, 0.3) is 0 Å². The van der Waals surface area contributed by atoms with Crippen LogP contribution in [0.1, 0.15) is 12.8 Å². The number of imide groups is 1. The summed E-state index contributed by atoms with van der Waals surface area (Å²) in [4.78, 5) is 24.2. The number of hydrogen-bond donors (Lipinski definition) is 0. The second-order valence-corrected chi connectivity index (χ2v) is 4.82. The van der Waals surface area contributed by atoms with Crippen molar-refractivity contribution in [3.63, 3.8) is 0 Å². The number of anilines is 1. The Labute approximate surface area is 106 Å². The first-order valence-corrected chi connectivity index (χ1v) is 5.86. The fourth-order valence-corrected chi connectivity index (χ4v) is 2.62. The van der Waals surface area contributed by atoms with E-state index in [1.54, 1.807) is 18.2 Å². The molecule has 1 fully saturated rings. The fraction of sp³-hybridized carbons (Fsp3) is 0.200. The molecule has 0 unspecified atom stereocenters. The van der Waals surface area contributed by atoms with Crippen molar-refractivity contribution in [2.24, 2.45) is 0 Å². The molecule has 2 amide bonds. The van der Waals surface area contributed by atoms with Crippen molar-refractivity contribution in [2.75, 3.05) is 4.90 Å². The number of nitrogens with zero attached hydrogens (tertiary/aromatic N) is 1. The zero-order valence-electron chi connectivity index (χ0n) is 7.67. The van der Waals surface area contributed by atoms with Crippen molar-refractivity contribution in [1.82, 2.24) is 0 Å². The Bertz CT molecular complexity index is 431. The van der Waals surface area contributed by atoms with Crippen LogP contribution >= 0.6 is 34.2 Å². The summed E-state index contributed by atoms with van der Waals surface area (Å²) in [5.74, 6) is -0.277. The molecule has 0 saturated carbocycles. The molecule has 0 radical (unpaired) electrons. The van der Waals surface area contributed by atoms with E-state index in [-0.39, 0.29) is 11.8 Å². The SMILES string of the molecule is O=C1CCC(=O)N1c1ccc(Cl)cc1I. The number of halogens is 2. The lowest BCUT2D eigenvalue weighted by atomic mass is 10.3. The third-order valence-electron chi connectivity index (χ3n) is 2.20. The summed E-state index contributed by atoms with van der Waals surface area (Å²) in [6.45, 7) is 0. The molecule has 1 aliphatic rings. The Morgan fingerprint density at radius 3 is 2.33 bits per heavy atom. The molecule has 0 aliphatic carbocycles. The number of amides is 2. The van der Waals surface area contributed by atoms with Gasteiger partial charge in [-0.2, -0.15) is 0 Å². The summed E-state index contributed by atoms with van der Waals surface area (Å²) in [5.41, 5.74) is 0.632. The predicted octanol–water partition coefficient (Wildman–Crippen LogP) is 2.60. The first-order valence-electron chi connectivity index (χ1n) is 4.40. The van der Waals surface area contributed by atoms with Gasteiger partial charge in [-0.25, -0.2) is 4.90 Å². The van der Waals surface area contributed by atoms with Gasteiger partial charge >= 0.3 is 0 Å². The third kappa shape index (κ3) is 2.01. The highest BCUT2D eigenvalue weighted by Gasteiger charge is 2.31. The highest BCUT2D eigenvalue weighted by atomic mass is 127. The molecule has 1 aromatic carbocycles. The molecular formula is C10H7ClINO2. The topological polar surface area (TPSA) is 37.4 Å². The van der Waals surface area contributed by atoms with Crippen molar-refractivity contribution < 1.29 is 9.59 Å². The normalized spacial score (nSPS) is 16.3. The third-order valence-corrected chi connectivity index (χ3v) is 3.30. The molecule has 1 saturated heterocycles. The second-order valence-electron chi connectivity index (χ2n) is 3.22. The maximum Gasteiger partial charge on any atom is 0.234 e. The number of benzene rings is 1. The van der Waals surface area contributed by atoms with E-state index in [9.17, 15) is 9.59 Å². The van der Waals surface area contributed by atoms with E-state index < -0.39 is 0 Å². The van der Waals surface area contributed by atoms with E-state index in [2.05, 4.69) is 22.6 Å². The predicted molar refractivity (Wildman–Crippen MR) is 65.9 cm³/mol. The van der Waals surface area contributed by atoms with Crippen molar-refractivity contribution in [2.45, 2.75) is 12.8 Å². The molecule has 2 rings (SSSR count). The summed E-state index contributed by atoms with van der Waals surface area (Å²) in [7, 11) is 0. The van der Waals surface area contributed by atoms with Crippen LogP contribution in [0.2, 0.25) is 5.02 Å². The van der Waals surface area contributed by atoms with Gasteiger partial charge in [0.15, 0.2) is 0 Å². The van der Waals surface area contributed by atoms with Crippen LogP contribution in [0.3, 0.4) is 0 Å². The van der Waals surface area contributed by atoms with Crippen LogP contribution < -0.4 is 4.90 Å². The number of carbonyl (C=O) groups is 2. The molecule has 15 heavy (non-hydrogen) atoms. The van der Waals surface area contributed by atoms with Gasteiger partial charge in [-0.1, -0.05) is 11.6 Å². The molecule has 0 atom stereocenters. The Morgan fingerprint density at radius 2 is 1.80 bits per heavy atom. The molecule has 1 heterocycles. The van der Waals surface area contributed by atoms with Crippen molar-refractivity contribution in [1.29, 1.82) is 0 Å². The Kier molecular flexibility index (Phi) is 2.97. The molecule has 1 aromatic rings. The molecule has 5 heteroatoms. The summed E-state index contributed by atoms with van der Waals surface area (Å²) >= 11 is 7.87. The van der Waals surface area contributed by atoms with Crippen LogP contribution in [-0.2, 0) is 9.59 Å². The number of hydrogen-bond acceptors (Lipinski definition) is 2. The van der Waals surface area contributed by atoms with E-state index in [4.69, 9.17) is 11.6 Å². The smallest absolute Gasteiger partial charge is 0.234 e. The minimum absolute atomic E-state index is 0.139. The van der Waals surface area contributed by atoms with E-state index in [0.29, 0.717) is 23.6 Å². The van der Waals surface area contributed by atoms with Gasteiger partial charge in [0.2, 0.25) is 11.8 Å². The molecule has 3 nitrogen and oxygen atoms in total. The fourth-order valence-electron chi connectivity index (χ4n) is 1.51. The van der Waals surface area contributed by atoms with Crippen molar-refractivity contribution in [3.05, 3.63) is 26.8 Å². The largest absolute Gasteiger partial charge is 0.274 e. The van der Waals surface area contributed by atoms with Gasteiger partial charge in [0.1, 0.15) is 0 Å². The van der Waals surface area contributed by atoms with Gasteiger partial charge in [-0.05, 0) is 40.8 Å². The lowest BCUT2D eigenvalue weighted by Gasteiger charge is -2.15. The zero-order valence-corrected chi connectivity index (χ0v) is 10.6. The number of carbonyl (C=O) groups excluding carboxylic acids is 2. The van der Waals surface area contributed by atoms with E-state index >= 15 is 0 Å². The molecule has 0 N–H and O–H groups in total. The van der Waals surface area contributed by atoms with Gasteiger partial charge < -0.3 is 0 Å². The molecule has 78 valence electrons.